The van der Waals surface area contributed by atoms with Gasteiger partial charge in [-0.1, -0.05) is 37.3 Å². The van der Waals surface area contributed by atoms with Crippen molar-refractivity contribution in [3.63, 3.8) is 0 Å². The number of hydrogen-bond donors (Lipinski definition) is 3. The number of aromatic nitrogens is 4. The minimum absolute atomic E-state index is 0.475. The standard InChI is InChI=1S/C27H32FN5.C2H2O4/c1-21(22-6-3-2-4-7-22)18-32-14-12-27(28,13-15-32)11-5-8-23-17-29-26-10-9-24(16-25(23)26)33-19-30-31-20-33;3-1(4)2(5)6/h2-4,6-7,9-10,16-17,19-21,29H,5,8,11-15,18H2,1H3;(H,3,4)(H,5,6). The van der Waals surface area contributed by atoms with Gasteiger partial charge in [-0.25, -0.2) is 14.0 Å². The number of piperidine rings is 1. The molecule has 2 aromatic carbocycles. The average Bonchev–Trinajstić information content (AvgIpc) is 3.61. The molecule has 1 fully saturated rings. The second-order valence-corrected chi connectivity index (χ2v) is 10.1. The number of alkyl halides is 1. The lowest BCUT2D eigenvalue weighted by atomic mass is 9.87. The van der Waals surface area contributed by atoms with Gasteiger partial charge in [0.2, 0.25) is 0 Å². The Hall–Kier alpha value is -4.05. The maximum Gasteiger partial charge on any atom is 0.414 e. The molecule has 1 aliphatic heterocycles. The summed E-state index contributed by atoms with van der Waals surface area (Å²) in [7, 11) is 0. The molecule has 1 saturated heterocycles. The van der Waals surface area contributed by atoms with Gasteiger partial charge >= 0.3 is 11.9 Å². The zero-order valence-electron chi connectivity index (χ0n) is 22.0. The quantitative estimate of drug-likeness (QED) is 0.276. The van der Waals surface area contributed by atoms with Crippen LogP contribution in [0.5, 0.6) is 0 Å². The SMILES string of the molecule is CC(CN1CCC(F)(CCCc2c[nH]c3ccc(-n4cnnc4)cc23)CC1)c1ccccc1.O=C(O)C(=O)O. The molecule has 2 aromatic heterocycles. The Morgan fingerprint density at radius 2 is 1.72 bits per heavy atom. The summed E-state index contributed by atoms with van der Waals surface area (Å²) in [4.78, 5) is 24.0. The van der Waals surface area contributed by atoms with E-state index in [-0.39, 0.29) is 0 Å². The van der Waals surface area contributed by atoms with Gasteiger partial charge in [-0.3, -0.25) is 4.57 Å². The molecule has 0 spiro atoms. The number of nitrogens with zero attached hydrogens (tertiary/aromatic N) is 4. The number of halogens is 1. The van der Waals surface area contributed by atoms with E-state index in [0.717, 1.165) is 43.7 Å². The number of hydrogen-bond acceptors (Lipinski definition) is 5. The molecule has 1 atom stereocenters. The first-order valence-electron chi connectivity index (χ1n) is 13.1. The minimum Gasteiger partial charge on any atom is -0.473 e. The Bertz CT molecular complexity index is 1350. The molecule has 0 radical (unpaired) electrons. The number of likely N-dealkylation sites (tertiary alicyclic amines) is 1. The second kappa shape index (κ2) is 12.7. The van der Waals surface area contributed by atoms with Crippen LogP contribution < -0.4 is 0 Å². The number of rotatable bonds is 8. The number of nitrogens with one attached hydrogen (secondary N) is 1. The van der Waals surface area contributed by atoms with Crippen LogP contribution in [-0.4, -0.2) is 72.1 Å². The van der Waals surface area contributed by atoms with Crippen LogP contribution in [0.3, 0.4) is 0 Å². The summed E-state index contributed by atoms with van der Waals surface area (Å²) in [6, 6.07) is 16.9. The first-order valence-corrected chi connectivity index (χ1v) is 13.1. The fourth-order valence-corrected chi connectivity index (χ4v) is 5.12. The zero-order chi connectivity index (χ0) is 27.8. The third kappa shape index (κ3) is 7.51. The number of H-pyrrole nitrogens is 1. The predicted molar refractivity (Wildman–Crippen MR) is 146 cm³/mol. The van der Waals surface area contributed by atoms with E-state index in [1.807, 2.05) is 4.57 Å². The minimum atomic E-state index is -1.82. The number of carboxylic acids is 2. The van der Waals surface area contributed by atoms with Gasteiger partial charge in [-0.15, -0.1) is 10.2 Å². The van der Waals surface area contributed by atoms with Crippen LogP contribution in [0.2, 0.25) is 0 Å². The molecule has 1 unspecified atom stereocenters. The van der Waals surface area contributed by atoms with Crippen LogP contribution in [0.15, 0.2) is 67.4 Å². The van der Waals surface area contributed by atoms with Gasteiger partial charge in [0.05, 0.1) is 0 Å². The second-order valence-electron chi connectivity index (χ2n) is 10.1. The number of aliphatic carboxylic acids is 2. The van der Waals surface area contributed by atoms with Crippen LogP contribution >= 0.6 is 0 Å². The smallest absolute Gasteiger partial charge is 0.414 e. The van der Waals surface area contributed by atoms with Crippen LogP contribution in [0.1, 0.15) is 49.7 Å². The molecule has 0 aliphatic carbocycles. The Kier molecular flexibility index (Phi) is 9.08. The zero-order valence-corrected chi connectivity index (χ0v) is 22.0. The molecule has 0 bridgehead atoms. The highest BCUT2D eigenvalue weighted by Crippen LogP contribution is 2.33. The first kappa shape index (κ1) is 28.0. The molecule has 3 heterocycles. The van der Waals surface area contributed by atoms with Crippen molar-refractivity contribution in [2.45, 2.75) is 50.6 Å². The van der Waals surface area contributed by atoms with Crippen molar-refractivity contribution in [2.24, 2.45) is 0 Å². The largest absolute Gasteiger partial charge is 0.473 e. The van der Waals surface area contributed by atoms with E-state index >= 15 is 4.39 Å². The monoisotopic (exact) mass is 535 g/mol. The Balaban J connectivity index is 0.000000531. The predicted octanol–water partition coefficient (Wildman–Crippen LogP) is 4.83. The van der Waals surface area contributed by atoms with Gasteiger partial charge in [0, 0.05) is 42.4 Å². The van der Waals surface area contributed by atoms with E-state index in [4.69, 9.17) is 19.8 Å². The lowest BCUT2D eigenvalue weighted by Crippen LogP contribution is -2.43. The fraction of sp³-hybridized carbons (Fsp3) is 0.379. The fourth-order valence-electron chi connectivity index (χ4n) is 5.12. The lowest BCUT2D eigenvalue weighted by Gasteiger charge is -2.37. The van der Waals surface area contributed by atoms with E-state index in [9.17, 15) is 0 Å². The Morgan fingerprint density at radius 1 is 1.05 bits per heavy atom. The highest BCUT2D eigenvalue weighted by atomic mass is 19.1. The molecule has 4 aromatic rings. The van der Waals surface area contributed by atoms with Crippen molar-refractivity contribution in [3.8, 4) is 5.69 Å². The highest BCUT2D eigenvalue weighted by Gasteiger charge is 2.34. The molecule has 10 heteroatoms. The summed E-state index contributed by atoms with van der Waals surface area (Å²) in [6.07, 6.45) is 9.12. The molecular weight excluding hydrogens is 501 g/mol. The molecule has 0 amide bonds. The van der Waals surface area contributed by atoms with Gasteiger partial charge in [0.1, 0.15) is 18.3 Å². The van der Waals surface area contributed by atoms with Crippen molar-refractivity contribution in [1.82, 2.24) is 24.6 Å². The van der Waals surface area contributed by atoms with E-state index in [0.29, 0.717) is 25.2 Å². The normalized spacial score (nSPS) is 15.8. The van der Waals surface area contributed by atoms with Crippen molar-refractivity contribution in [1.29, 1.82) is 0 Å². The summed E-state index contributed by atoms with van der Waals surface area (Å²) in [5.41, 5.74) is 3.72. The highest BCUT2D eigenvalue weighted by molar-refractivity contribution is 6.27. The van der Waals surface area contributed by atoms with E-state index < -0.39 is 17.6 Å². The Morgan fingerprint density at radius 3 is 2.36 bits per heavy atom. The summed E-state index contributed by atoms with van der Waals surface area (Å²) in [6.45, 7) is 4.97. The summed E-state index contributed by atoms with van der Waals surface area (Å²) >= 11 is 0. The number of carbonyl (C=O) groups is 2. The van der Waals surface area contributed by atoms with Crippen molar-refractivity contribution < 1.29 is 24.2 Å². The van der Waals surface area contributed by atoms with Crippen molar-refractivity contribution in [2.75, 3.05) is 19.6 Å². The summed E-state index contributed by atoms with van der Waals surface area (Å²) in [5.74, 6) is -3.17. The first-order chi connectivity index (χ1) is 18.7. The molecule has 1 aliphatic rings. The van der Waals surface area contributed by atoms with E-state index in [2.05, 4.69) is 81.7 Å². The van der Waals surface area contributed by atoms with E-state index in [1.54, 1.807) is 12.7 Å². The van der Waals surface area contributed by atoms with Crippen LogP contribution in [0.4, 0.5) is 4.39 Å². The number of carboxylic acid groups (broad SMARTS) is 2. The summed E-state index contributed by atoms with van der Waals surface area (Å²) in [5, 5.41) is 23.8. The molecule has 39 heavy (non-hydrogen) atoms. The molecular formula is C29H34FN5O4. The van der Waals surface area contributed by atoms with Gasteiger partial charge in [-0.05, 0) is 67.3 Å². The maximum absolute atomic E-state index is 15.5. The average molecular weight is 536 g/mol. The number of fused-ring (bicyclic) bond motifs is 1. The van der Waals surface area contributed by atoms with Gasteiger partial charge in [0.25, 0.3) is 0 Å². The number of aryl methyl sites for hydroxylation is 1. The van der Waals surface area contributed by atoms with Crippen LogP contribution in [0.25, 0.3) is 16.6 Å². The topological polar surface area (TPSA) is 124 Å². The van der Waals surface area contributed by atoms with E-state index in [1.165, 1.54) is 16.5 Å². The van der Waals surface area contributed by atoms with Gasteiger partial charge in [0.15, 0.2) is 0 Å². The molecule has 5 rings (SSSR count). The molecule has 206 valence electrons. The molecule has 9 nitrogen and oxygen atoms in total. The van der Waals surface area contributed by atoms with Crippen molar-refractivity contribution in [3.05, 3.63) is 78.5 Å². The van der Waals surface area contributed by atoms with Crippen LogP contribution in [-0.2, 0) is 16.0 Å². The van der Waals surface area contributed by atoms with Gasteiger partial charge in [-0.2, -0.15) is 0 Å². The number of benzene rings is 2. The van der Waals surface area contributed by atoms with Crippen molar-refractivity contribution >= 4 is 22.8 Å². The Labute approximate surface area is 226 Å². The third-order valence-corrected chi connectivity index (χ3v) is 7.37. The summed E-state index contributed by atoms with van der Waals surface area (Å²) < 4.78 is 17.4. The third-order valence-electron chi connectivity index (χ3n) is 7.37. The molecule has 0 saturated carbocycles. The number of aromatic amines is 1. The van der Waals surface area contributed by atoms with Gasteiger partial charge < -0.3 is 20.1 Å². The lowest BCUT2D eigenvalue weighted by molar-refractivity contribution is -0.159. The maximum atomic E-state index is 15.5. The van der Waals surface area contributed by atoms with Crippen LogP contribution in [0, 0.1) is 0 Å². The molecule has 3 N–H and O–H groups in total.